The second-order valence-corrected chi connectivity index (χ2v) is 4.58. The van der Waals surface area contributed by atoms with E-state index in [0.717, 1.165) is 0 Å². The third-order valence-electron chi connectivity index (χ3n) is 2.54. The molecule has 5 heteroatoms. The normalized spacial score (nSPS) is 16.4. The minimum absolute atomic E-state index is 0.0623. The van der Waals surface area contributed by atoms with Crippen LogP contribution in [0.15, 0.2) is 10.9 Å². The topological polar surface area (TPSA) is 68.0 Å². The van der Waals surface area contributed by atoms with Crippen LogP contribution in [0.1, 0.15) is 38.9 Å². The molecule has 0 saturated heterocycles. The smallest absolute Gasteiger partial charge is 0.221 e. The zero-order valence-electron chi connectivity index (χ0n) is 8.99. The van der Waals surface area contributed by atoms with Gasteiger partial charge in [-0.1, -0.05) is 5.16 Å². The van der Waals surface area contributed by atoms with Crippen LogP contribution in [0, 0.1) is 5.92 Å². The molecule has 1 aromatic heterocycles. The van der Waals surface area contributed by atoms with E-state index < -0.39 is 5.54 Å². The summed E-state index contributed by atoms with van der Waals surface area (Å²) in [5.41, 5.74) is -0.557. The van der Waals surface area contributed by atoms with Gasteiger partial charge >= 0.3 is 0 Å². The van der Waals surface area contributed by atoms with Crippen LogP contribution in [0.4, 0.5) is 0 Å². The Kier molecular flexibility index (Phi) is 2.46. The monoisotopic (exact) mass is 209 g/mol. The van der Waals surface area contributed by atoms with E-state index in [4.69, 9.17) is 0 Å². The van der Waals surface area contributed by atoms with Crippen LogP contribution in [0.5, 0.6) is 0 Å². The molecule has 1 aliphatic rings. The van der Waals surface area contributed by atoms with Crippen molar-refractivity contribution >= 4 is 5.91 Å². The summed E-state index contributed by atoms with van der Waals surface area (Å²) < 4.78 is 4.66. The number of hydrogen-bond acceptors (Lipinski definition) is 4. The minimum atomic E-state index is -0.557. The molecule has 82 valence electrons. The molecule has 0 aliphatic heterocycles. The summed E-state index contributed by atoms with van der Waals surface area (Å²) in [6.45, 7) is 3.73. The molecule has 1 N–H and O–H groups in total. The predicted octanol–water partition coefficient (Wildman–Crippen LogP) is 1.22. The Bertz CT molecular complexity index is 342. The molecule has 0 unspecified atom stereocenters. The first kappa shape index (κ1) is 10.1. The predicted molar refractivity (Wildman–Crippen MR) is 52.8 cm³/mol. The number of rotatable bonds is 4. The lowest BCUT2D eigenvalue weighted by Crippen LogP contribution is -2.41. The molecule has 0 bridgehead atoms. The fourth-order valence-corrected chi connectivity index (χ4v) is 1.49. The summed E-state index contributed by atoms with van der Waals surface area (Å²) in [4.78, 5) is 15.6. The number of carbonyl (C=O) groups is 1. The third kappa shape index (κ3) is 2.55. The molecule has 1 fully saturated rings. The Balaban J connectivity index is 1.94. The van der Waals surface area contributed by atoms with Crippen LogP contribution >= 0.6 is 0 Å². The Morgan fingerprint density at radius 3 is 2.93 bits per heavy atom. The van der Waals surface area contributed by atoms with Gasteiger partial charge in [-0.15, -0.1) is 0 Å². The SMILES string of the molecule is CC(C)(NC(=O)CC1CC1)c1ncon1. The number of carbonyl (C=O) groups excluding carboxylic acids is 1. The minimum Gasteiger partial charge on any atom is -0.344 e. The summed E-state index contributed by atoms with van der Waals surface area (Å²) in [7, 11) is 0. The summed E-state index contributed by atoms with van der Waals surface area (Å²) in [6.07, 6.45) is 4.23. The number of amides is 1. The highest BCUT2D eigenvalue weighted by molar-refractivity contribution is 5.77. The van der Waals surface area contributed by atoms with E-state index in [2.05, 4.69) is 20.0 Å². The average Bonchev–Trinajstić information content (AvgIpc) is 2.79. The first-order valence-electron chi connectivity index (χ1n) is 5.16. The van der Waals surface area contributed by atoms with Crippen molar-refractivity contribution in [1.29, 1.82) is 0 Å². The Morgan fingerprint density at radius 2 is 2.40 bits per heavy atom. The van der Waals surface area contributed by atoms with Gasteiger partial charge < -0.3 is 9.84 Å². The van der Waals surface area contributed by atoms with Gasteiger partial charge in [-0.3, -0.25) is 4.79 Å². The van der Waals surface area contributed by atoms with Gasteiger partial charge in [0.25, 0.3) is 0 Å². The van der Waals surface area contributed by atoms with Gasteiger partial charge in [0.05, 0.1) is 5.54 Å². The van der Waals surface area contributed by atoms with Crippen LogP contribution in [0.3, 0.4) is 0 Å². The van der Waals surface area contributed by atoms with E-state index in [0.29, 0.717) is 18.2 Å². The van der Waals surface area contributed by atoms with Gasteiger partial charge in [-0.05, 0) is 32.6 Å². The first-order valence-corrected chi connectivity index (χ1v) is 5.16. The molecule has 0 radical (unpaired) electrons. The van der Waals surface area contributed by atoms with Gasteiger partial charge in [-0.25, -0.2) is 0 Å². The van der Waals surface area contributed by atoms with Crippen molar-refractivity contribution in [2.45, 2.75) is 38.6 Å². The summed E-state index contributed by atoms with van der Waals surface area (Å²) >= 11 is 0. The van der Waals surface area contributed by atoms with Crippen molar-refractivity contribution in [3.63, 3.8) is 0 Å². The van der Waals surface area contributed by atoms with Crippen molar-refractivity contribution in [2.75, 3.05) is 0 Å². The molecule has 0 atom stereocenters. The lowest BCUT2D eigenvalue weighted by Gasteiger charge is -2.22. The molecule has 1 aromatic rings. The van der Waals surface area contributed by atoms with Crippen molar-refractivity contribution in [2.24, 2.45) is 5.92 Å². The van der Waals surface area contributed by atoms with Crippen molar-refractivity contribution in [1.82, 2.24) is 15.5 Å². The van der Waals surface area contributed by atoms with Gasteiger partial charge in [-0.2, -0.15) is 4.98 Å². The van der Waals surface area contributed by atoms with Crippen LogP contribution < -0.4 is 5.32 Å². The van der Waals surface area contributed by atoms with Crippen LogP contribution in [-0.2, 0) is 10.3 Å². The lowest BCUT2D eigenvalue weighted by atomic mass is 10.0. The Morgan fingerprint density at radius 1 is 1.67 bits per heavy atom. The molecular weight excluding hydrogens is 194 g/mol. The van der Waals surface area contributed by atoms with Gasteiger partial charge in [0.2, 0.25) is 12.3 Å². The van der Waals surface area contributed by atoms with E-state index >= 15 is 0 Å². The molecule has 0 spiro atoms. The Hall–Kier alpha value is -1.39. The molecule has 0 aromatic carbocycles. The lowest BCUT2D eigenvalue weighted by molar-refractivity contribution is -0.123. The van der Waals surface area contributed by atoms with E-state index in [1.54, 1.807) is 0 Å². The summed E-state index contributed by atoms with van der Waals surface area (Å²) in [5, 5.41) is 6.64. The molecule has 5 nitrogen and oxygen atoms in total. The maximum Gasteiger partial charge on any atom is 0.221 e. The highest BCUT2D eigenvalue weighted by Crippen LogP contribution is 2.32. The maximum absolute atomic E-state index is 11.6. The second-order valence-electron chi connectivity index (χ2n) is 4.58. The number of aromatic nitrogens is 2. The number of nitrogens with zero attached hydrogens (tertiary/aromatic N) is 2. The third-order valence-corrected chi connectivity index (χ3v) is 2.54. The fraction of sp³-hybridized carbons (Fsp3) is 0.700. The first-order chi connectivity index (χ1) is 7.08. The molecule has 1 amide bonds. The van der Waals surface area contributed by atoms with E-state index in [1.807, 2.05) is 13.8 Å². The van der Waals surface area contributed by atoms with Crippen LogP contribution in [-0.4, -0.2) is 16.0 Å². The largest absolute Gasteiger partial charge is 0.344 e. The quantitative estimate of drug-likeness (QED) is 0.809. The zero-order chi connectivity index (χ0) is 10.9. The molecular formula is C10H15N3O2. The molecule has 1 aliphatic carbocycles. The zero-order valence-corrected chi connectivity index (χ0v) is 8.99. The second kappa shape index (κ2) is 3.64. The van der Waals surface area contributed by atoms with Gasteiger partial charge in [0.15, 0.2) is 5.82 Å². The highest BCUT2D eigenvalue weighted by Gasteiger charge is 2.30. The molecule has 1 saturated carbocycles. The Labute approximate surface area is 88.2 Å². The molecule has 15 heavy (non-hydrogen) atoms. The standard InChI is InChI=1S/C10H15N3O2/c1-10(2,9-11-6-15-13-9)12-8(14)5-7-3-4-7/h6-7H,3-5H2,1-2H3,(H,12,14). The number of hydrogen-bond donors (Lipinski definition) is 1. The number of nitrogens with one attached hydrogen (secondary N) is 1. The summed E-state index contributed by atoms with van der Waals surface area (Å²) in [6, 6.07) is 0. The van der Waals surface area contributed by atoms with Crippen molar-refractivity contribution in [3.05, 3.63) is 12.2 Å². The van der Waals surface area contributed by atoms with Gasteiger partial charge in [0, 0.05) is 6.42 Å². The van der Waals surface area contributed by atoms with Gasteiger partial charge in [0.1, 0.15) is 0 Å². The van der Waals surface area contributed by atoms with Crippen LogP contribution in [0.2, 0.25) is 0 Å². The molecule has 2 rings (SSSR count). The van der Waals surface area contributed by atoms with Crippen molar-refractivity contribution in [3.8, 4) is 0 Å². The van der Waals surface area contributed by atoms with E-state index in [-0.39, 0.29) is 5.91 Å². The summed E-state index contributed by atoms with van der Waals surface area (Å²) in [5.74, 6) is 1.16. The van der Waals surface area contributed by atoms with E-state index in [9.17, 15) is 4.79 Å². The molecule has 1 heterocycles. The van der Waals surface area contributed by atoms with E-state index in [1.165, 1.54) is 19.2 Å². The fourth-order valence-electron chi connectivity index (χ4n) is 1.49. The van der Waals surface area contributed by atoms with Crippen molar-refractivity contribution < 1.29 is 9.32 Å². The average molecular weight is 209 g/mol. The highest BCUT2D eigenvalue weighted by atomic mass is 16.5. The maximum atomic E-state index is 11.6. The van der Waals surface area contributed by atoms with Crippen LogP contribution in [0.25, 0.3) is 0 Å².